The Bertz CT molecular complexity index is 493. The van der Waals surface area contributed by atoms with E-state index in [4.69, 9.17) is 0 Å². The van der Waals surface area contributed by atoms with E-state index in [-0.39, 0.29) is 23.0 Å². The number of halogens is 2. The monoisotopic (exact) mass is 285 g/mol. The third kappa shape index (κ3) is 3.59. The van der Waals surface area contributed by atoms with Crippen LogP contribution in [0, 0.1) is 5.92 Å². The third-order valence-corrected chi connectivity index (χ3v) is 3.31. The highest BCUT2D eigenvalue weighted by Crippen LogP contribution is 2.25. The lowest BCUT2D eigenvalue weighted by Gasteiger charge is -2.31. The number of piperidine rings is 1. The van der Waals surface area contributed by atoms with Gasteiger partial charge in [0.2, 0.25) is 0 Å². The molecule has 110 valence electrons. The smallest absolute Gasteiger partial charge is 0.387 e. The molecular formula is C14H17F2NO3. The second-order valence-electron chi connectivity index (χ2n) is 5.09. The normalized spacial score (nSPS) is 19.2. The minimum absolute atomic E-state index is 0.162. The van der Waals surface area contributed by atoms with Crippen LogP contribution in [0.4, 0.5) is 8.78 Å². The number of carbonyl (C=O) groups excluding carboxylic acids is 1. The highest BCUT2D eigenvalue weighted by Gasteiger charge is 2.23. The Morgan fingerprint density at radius 1 is 1.45 bits per heavy atom. The van der Waals surface area contributed by atoms with Gasteiger partial charge in [0.25, 0.3) is 5.91 Å². The summed E-state index contributed by atoms with van der Waals surface area (Å²) >= 11 is 0. The summed E-state index contributed by atoms with van der Waals surface area (Å²) in [6.07, 6.45) is 2.00. The number of likely N-dealkylation sites (tertiary alicyclic amines) is 1. The molecule has 0 saturated carbocycles. The molecule has 6 heteroatoms. The van der Waals surface area contributed by atoms with Gasteiger partial charge in [-0.15, -0.1) is 0 Å². The van der Waals surface area contributed by atoms with Crippen molar-refractivity contribution in [2.75, 3.05) is 13.1 Å². The first-order chi connectivity index (χ1) is 9.45. The third-order valence-electron chi connectivity index (χ3n) is 3.31. The summed E-state index contributed by atoms with van der Waals surface area (Å²) in [5.74, 6) is -0.335. The van der Waals surface area contributed by atoms with E-state index in [1.165, 1.54) is 12.1 Å². The summed E-state index contributed by atoms with van der Waals surface area (Å²) in [7, 11) is 0. The highest BCUT2D eigenvalue weighted by atomic mass is 19.3. The summed E-state index contributed by atoms with van der Waals surface area (Å²) < 4.78 is 28.6. The highest BCUT2D eigenvalue weighted by molar-refractivity contribution is 5.95. The van der Waals surface area contributed by atoms with Gasteiger partial charge in [0.1, 0.15) is 11.5 Å². The number of hydrogen-bond donors (Lipinski definition) is 1. The molecule has 0 radical (unpaired) electrons. The summed E-state index contributed by atoms with van der Waals surface area (Å²) in [6, 6.07) is 3.55. The number of rotatable bonds is 3. The quantitative estimate of drug-likeness (QED) is 0.929. The molecule has 0 spiro atoms. The number of ether oxygens (including phenoxy) is 1. The summed E-state index contributed by atoms with van der Waals surface area (Å²) in [6.45, 7) is 0.353. The minimum atomic E-state index is -2.99. The zero-order chi connectivity index (χ0) is 14.7. The average molecular weight is 285 g/mol. The van der Waals surface area contributed by atoms with Crippen LogP contribution in [-0.2, 0) is 0 Å². The van der Waals surface area contributed by atoms with Crippen molar-refractivity contribution in [3.05, 3.63) is 23.8 Å². The van der Waals surface area contributed by atoms with Gasteiger partial charge < -0.3 is 14.7 Å². The fourth-order valence-corrected chi connectivity index (χ4v) is 2.43. The SMILES string of the molecule is CC1CCCN(C(=O)c2cc(O)cc(OC(F)F)c2)C1. The lowest BCUT2D eigenvalue weighted by molar-refractivity contribution is -0.0499. The number of phenols is 1. The van der Waals surface area contributed by atoms with Crippen molar-refractivity contribution >= 4 is 5.91 Å². The lowest BCUT2D eigenvalue weighted by Crippen LogP contribution is -2.39. The molecule has 1 atom stereocenters. The average Bonchev–Trinajstić information content (AvgIpc) is 2.36. The second-order valence-corrected chi connectivity index (χ2v) is 5.09. The van der Waals surface area contributed by atoms with Crippen molar-refractivity contribution < 1.29 is 23.4 Å². The van der Waals surface area contributed by atoms with Gasteiger partial charge >= 0.3 is 6.61 Å². The number of aromatic hydroxyl groups is 1. The Hall–Kier alpha value is -1.85. The van der Waals surface area contributed by atoms with Crippen molar-refractivity contribution in [3.8, 4) is 11.5 Å². The maximum absolute atomic E-state index is 12.3. The maximum Gasteiger partial charge on any atom is 0.387 e. The van der Waals surface area contributed by atoms with E-state index in [9.17, 15) is 18.7 Å². The van der Waals surface area contributed by atoms with Crippen LogP contribution in [-0.4, -0.2) is 35.6 Å². The summed E-state index contributed by atoms with van der Waals surface area (Å²) in [5, 5.41) is 9.51. The standard InChI is InChI=1S/C14H17F2NO3/c1-9-3-2-4-17(8-9)13(19)10-5-11(18)7-12(6-10)20-14(15)16/h5-7,9,14,18H,2-4,8H2,1H3. The van der Waals surface area contributed by atoms with Gasteiger partial charge in [-0.25, -0.2) is 0 Å². The summed E-state index contributed by atoms with van der Waals surface area (Å²) in [5.41, 5.74) is 0.162. The largest absolute Gasteiger partial charge is 0.508 e. The molecule has 4 nitrogen and oxygen atoms in total. The number of nitrogens with zero attached hydrogens (tertiary/aromatic N) is 1. The number of benzene rings is 1. The van der Waals surface area contributed by atoms with Crippen LogP contribution in [0.25, 0.3) is 0 Å². The number of hydrogen-bond acceptors (Lipinski definition) is 3. The first-order valence-electron chi connectivity index (χ1n) is 6.54. The number of phenolic OH excluding ortho intramolecular Hbond substituents is 1. The predicted octanol–water partition coefficient (Wildman–Crippen LogP) is 2.87. The van der Waals surface area contributed by atoms with Crippen molar-refractivity contribution in [2.45, 2.75) is 26.4 Å². The van der Waals surface area contributed by atoms with E-state index in [0.29, 0.717) is 19.0 Å². The Morgan fingerprint density at radius 3 is 2.85 bits per heavy atom. The molecule has 20 heavy (non-hydrogen) atoms. The Morgan fingerprint density at radius 2 is 2.20 bits per heavy atom. The molecule has 1 aromatic carbocycles. The minimum Gasteiger partial charge on any atom is -0.508 e. The molecule has 1 N–H and O–H groups in total. The Balaban J connectivity index is 2.18. The van der Waals surface area contributed by atoms with Gasteiger partial charge in [0.15, 0.2) is 0 Å². The van der Waals surface area contributed by atoms with Crippen molar-refractivity contribution in [1.82, 2.24) is 4.90 Å². The molecule has 1 unspecified atom stereocenters. The zero-order valence-electron chi connectivity index (χ0n) is 11.2. The zero-order valence-corrected chi connectivity index (χ0v) is 11.2. The van der Waals surface area contributed by atoms with Crippen LogP contribution in [0.15, 0.2) is 18.2 Å². The topological polar surface area (TPSA) is 49.8 Å². The van der Waals surface area contributed by atoms with Crippen molar-refractivity contribution in [2.24, 2.45) is 5.92 Å². The number of amides is 1. The molecular weight excluding hydrogens is 268 g/mol. The molecule has 1 aliphatic heterocycles. The van der Waals surface area contributed by atoms with Gasteiger partial charge in [0, 0.05) is 24.7 Å². The van der Waals surface area contributed by atoms with Gasteiger partial charge in [-0.3, -0.25) is 4.79 Å². The maximum atomic E-state index is 12.3. The first-order valence-corrected chi connectivity index (χ1v) is 6.54. The molecule has 0 aromatic heterocycles. The predicted molar refractivity (Wildman–Crippen MR) is 69.0 cm³/mol. The fourth-order valence-electron chi connectivity index (χ4n) is 2.43. The van der Waals surface area contributed by atoms with Crippen LogP contribution in [0.5, 0.6) is 11.5 Å². The van der Waals surface area contributed by atoms with E-state index in [0.717, 1.165) is 18.9 Å². The fraction of sp³-hybridized carbons (Fsp3) is 0.500. The molecule has 1 aliphatic rings. The number of alkyl halides is 2. The lowest BCUT2D eigenvalue weighted by atomic mass is 9.99. The van der Waals surface area contributed by atoms with Crippen LogP contribution >= 0.6 is 0 Å². The van der Waals surface area contributed by atoms with Crippen LogP contribution in [0.2, 0.25) is 0 Å². The molecule has 1 saturated heterocycles. The van der Waals surface area contributed by atoms with Crippen LogP contribution in [0.1, 0.15) is 30.1 Å². The molecule has 1 fully saturated rings. The second kappa shape index (κ2) is 6.07. The molecule has 1 amide bonds. The van der Waals surface area contributed by atoms with Crippen LogP contribution < -0.4 is 4.74 Å². The molecule has 0 bridgehead atoms. The Labute approximate surface area is 116 Å². The molecule has 0 aliphatic carbocycles. The van der Waals surface area contributed by atoms with E-state index >= 15 is 0 Å². The van der Waals surface area contributed by atoms with Crippen LogP contribution in [0.3, 0.4) is 0 Å². The van der Waals surface area contributed by atoms with E-state index in [1.807, 2.05) is 0 Å². The van der Waals surface area contributed by atoms with E-state index in [1.54, 1.807) is 4.90 Å². The molecule has 2 rings (SSSR count). The van der Waals surface area contributed by atoms with E-state index in [2.05, 4.69) is 11.7 Å². The van der Waals surface area contributed by atoms with Gasteiger partial charge in [0.05, 0.1) is 0 Å². The van der Waals surface area contributed by atoms with Gasteiger partial charge in [-0.05, 0) is 30.9 Å². The van der Waals surface area contributed by atoms with Crippen molar-refractivity contribution in [1.29, 1.82) is 0 Å². The molecule has 1 heterocycles. The Kier molecular flexibility index (Phi) is 4.42. The van der Waals surface area contributed by atoms with Crippen molar-refractivity contribution in [3.63, 3.8) is 0 Å². The summed E-state index contributed by atoms with van der Waals surface area (Å²) in [4.78, 5) is 14.0. The molecule has 1 aromatic rings. The van der Waals surface area contributed by atoms with Gasteiger partial charge in [-0.1, -0.05) is 6.92 Å². The van der Waals surface area contributed by atoms with Gasteiger partial charge in [-0.2, -0.15) is 8.78 Å². The van der Waals surface area contributed by atoms with E-state index < -0.39 is 6.61 Å². The number of carbonyl (C=O) groups is 1. The first kappa shape index (κ1) is 14.6.